The second-order valence-corrected chi connectivity index (χ2v) is 3.92. The van der Waals surface area contributed by atoms with Crippen molar-refractivity contribution in [3.8, 4) is 0 Å². The second-order valence-electron chi connectivity index (χ2n) is 3.92. The minimum atomic E-state index is -0.314. The molecule has 2 aliphatic rings. The van der Waals surface area contributed by atoms with E-state index in [0.717, 1.165) is 11.4 Å². The zero-order chi connectivity index (χ0) is 13.0. The Kier molecular flexibility index (Phi) is 3.67. The quantitative estimate of drug-likeness (QED) is 0.772. The minimum Gasteiger partial charge on any atom is -0.425 e. The average Bonchev–Trinajstić information content (AvgIpc) is 2.37. The van der Waals surface area contributed by atoms with Crippen molar-refractivity contribution in [1.29, 1.82) is 0 Å². The van der Waals surface area contributed by atoms with Gasteiger partial charge in [-0.05, 0) is 31.4 Å². The van der Waals surface area contributed by atoms with Crippen LogP contribution in [0.25, 0.3) is 0 Å². The zero-order valence-corrected chi connectivity index (χ0v) is 10.5. The van der Waals surface area contributed by atoms with Gasteiger partial charge in [0.25, 0.3) is 0 Å². The summed E-state index contributed by atoms with van der Waals surface area (Å²) in [6.45, 7) is 4.02. The number of rotatable bonds is 3. The topological polar surface area (TPSA) is 41.6 Å². The normalized spacial score (nSPS) is 17.9. The number of carbonyl (C=O) groups excluding carboxylic acids is 1. The van der Waals surface area contributed by atoms with E-state index in [2.05, 4.69) is 10.2 Å². The first-order chi connectivity index (χ1) is 8.72. The number of carbonyl (C=O) groups is 1. The maximum atomic E-state index is 11.1. The SMILES string of the molecule is CC=CNC1=C2C=CC=CN2CC=C1OC(C)=O. The van der Waals surface area contributed by atoms with Crippen LogP contribution in [0.15, 0.2) is 59.9 Å². The van der Waals surface area contributed by atoms with Gasteiger partial charge in [0.05, 0.1) is 5.70 Å². The third-order valence-corrected chi connectivity index (χ3v) is 2.56. The molecular formula is C14H16N2O2. The van der Waals surface area contributed by atoms with Crippen LogP contribution in [0.1, 0.15) is 13.8 Å². The monoisotopic (exact) mass is 244 g/mol. The largest absolute Gasteiger partial charge is 0.425 e. The number of allylic oxidation sites excluding steroid dienone is 4. The molecule has 0 radical (unpaired) electrons. The van der Waals surface area contributed by atoms with Crippen LogP contribution < -0.4 is 5.32 Å². The van der Waals surface area contributed by atoms with Gasteiger partial charge in [-0.15, -0.1) is 0 Å². The summed E-state index contributed by atoms with van der Waals surface area (Å²) in [5.41, 5.74) is 1.80. The van der Waals surface area contributed by atoms with Crippen LogP contribution in [0, 0.1) is 0 Å². The maximum absolute atomic E-state index is 11.1. The lowest BCUT2D eigenvalue weighted by molar-refractivity contribution is -0.136. The highest BCUT2D eigenvalue weighted by molar-refractivity contribution is 5.68. The summed E-state index contributed by atoms with van der Waals surface area (Å²) in [5.74, 6) is 0.261. The van der Waals surface area contributed by atoms with Gasteiger partial charge in [0.15, 0.2) is 5.76 Å². The van der Waals surface area contributed by atoms with Crippen LogP contribution in [-0.4, -0.2) is 17.4 Å². The molecule has 4 nitrogen and oxygen atoms in total. The molecule has 0 saturated heterocycles. The zero-order valence-electron chi connectivity index (χ0n) is 10.5. The van der Waals surface area contributed by atoms with Gasteiger partial charge in [-0.25, -0.2) is 0 Å². The predicted molar refractivity (Wildman–Crippen MR) is 69.8 cm³/mol. The Bertz CT molecular complexity index is 496. The van der Waals surface area contributed by atoms with E-state index in [0.29, 0.717) is 12.3 Å². The molecule has 0 aromatic heterocycles. The number of hydrogen-bond donors (Lipinski definition) is 1. The van der Waals surface area contributed by atoms with E-state index in [1.54, 1.807) is 0 Å². The molecular weight excluding hydrogens is 228 g/mol. The molecule has 0 aliphatic carbocycles. The summed E-state index contributed by atoms with van der Waals surface area (Å²) < 4.78 is 5.23. The van der Waals surface area contributed by atoms with Crippen LogP contribution in [0.4, 0.5) is 0 Å². The molecule has 0 fully saturated rings. The van der Waals surface area contributed by atoms with Crippen LogP contribution in [0.5, 0.6) is 0 Å². The van der Waals surface area contributed by atoms with Gasteiger partial charge >= 0.3 is 5.97 Å². The predicted octanol–water partition coefficient (Wildman–Crippen LogP) is 2.17. The fraction of sp³-hybridized carbons (Fsp3) is 0.214. The molecule has 0 amide bonds. The second kappa shape index (κ2) is 5.40. The summed E-state index contributed by atoms with van der Waals surface area (Å²) in [6.07, 6.45) is 13.5. The molecule has 0 bridgehead atoms. The molecule has 0 unspecified atom stereocenters. The smallest absolute Gasteiger partial charge is 0.308 e. The van der Waals surface area contributed by atoms with Crippen molar-refractivity contribution in [2.75, 3.05) is 6.54 Å². The van der Waals surface area contributed by atoms with Gasteiger partial charge in [-0.1, -0.05) is 12.2 Å². The van der Waals surface area contributed by atoms with Gasteiger partial charge in [0.1, 0.15) is 5.70 Å². The van der Waals surface area contributed by atoms with Gasteiger partial charge < -0.3 is 15.0 Å². The fourth-order valence-corrected chi connectivity index (χ4v) is 1.83. The third-order valence-electron chi connectivity index (χ3n) is 2.56. The summed E-state index contributed by atoms with van der Waals surface area (Å²) in [5, 5.41) is 3.15. The molecule has 0 atom stereocenters. The van der Waals surface area contributed by atoms with E-state index >= 15 is 0 Å². The summed E-state index contributed by atoms with van der Waals surface area (Å²) in [7, 11) is 0. The van der Waals surface area contributed by atoms with E-state index in [1.165, 1.54) is 6.92 Å². The summed E-state index contributed by atoms with van der Waals surface area (Å²) in [6, 6.07) is 0. The number of nitrogens with one attached hydrogen (secondary N) is 1. The van der Waals surface area contributed by atoms with Crippen molar-refractivity contribution in [3.05, 3.63) is 59.9 Å². The van der Waals surface area contributed by atoms with Crippen LogP contribution in [0.3, 0.4) is 0 Å². The molecule has 4 heteroatoms. The lowest BCUT2D eigenvalue weighted by Gasteiger charge is -2.30. The standard InChI is InChI=1S/C14H16N2O2/c1-3-8-15-14-12-6-4-5-9-16(12)10-7-13(14)18-11(2)17/h3-9,15H,10H2,1-2H3. The highest BCUT2D eigenvalue weighted by Crippen LogP contribution is 2.25. The molecule has 2 aliphatic heterocycles. The van der Waals surface area contributed by atoms with Crippen molar-refractivity contribution in [1.82, 2.24) is 10.2 Å². The molecule has 0 saturated carbocycles. The maximum Gasteiger partial charge on any atom is 0.308 e. The molecule has 0 spiro atoms. The number of fused-ring (bicyclic) bond motifs is 1. The average molecular weight is 244 g/mol. The van der Waals surface area contributed by atoms with E-state index in [9.17, 15) is 4.79 Å². The third kappa shape index (κ3) is 2.53. The molecule has 1 N–H and O–H groups in total. The van der Waals surface area contributed by atoms with Gasteiger partial charge in [0, 0.05) is 19.7 Å². The van der Waals surface area contributed by atoms with E-state index in [4.69, 9.17) is 4.74 Å². The Morgan fingerprint density at radius 1 is 1.50 bits per heavy atom. The summed E-state index contributed by atoms with van der Waals surface area (Å²) >= 11 is 0. The Hall–Kier alpha value is -2.23. The van der Waals surface area contributed by atoms with Crippen LogP contribution in [-0.2, 0) is 9.53 Å². The Morgan fingerprint density at radius 3 is 3.06 bits per heavy atom. The molecule has 94 valence electrons. The van der Waals surface area contributed by atoms with Gasteiger partial charge in [0.2, 0.25) is 0 Å². The van der Waals surface area contributed by atoms with Gasteiger partial charge in [-0.3, -0.25) is 4.79 Å². The van der Waals surface area contributed by atoms with E-state index in [-0.39, 0.29) is 5.97 Å². The molecule has 0 aromatic carbocycles. The van der Waals surface area contributed by atoms with Crippen LogP contribution >= 0.6 is 0 Å². The molecule has 2 rings (SSSR count). The highest BCUT2D eigenvalue weighted by atomic mass is 16.5. The van der Waals surface area contributed by atoms with Crippen molar-refractivity contribution in [2.45, 2.75) is 13.8 Å². The Balaban J connectivity index is 2.34. The van der Waals surface area contributed by atoms with Crippen molar-refractivity contribution < 1.29 is 9.53 Å². The number of ether oxygens (including phenoxy) is 1. The minimum absolute atomic E-state index is 0.314. The van der Waals surface area contributed by atoms with Gasteiger partial charge in [-0.2, -0.15) is 0 Å². The van der Waals surface area contributed by atoms with E-state index < -0.39 is 0 Å². The lowest BCUT2D eigenvalue weighted by Crippen LogP contribution is -2.28. The number of nitrogens with zero attached hydrogens (tertiary/aromatic N) is 1. The van der Waals surface area contributed by atoms with Crippen molar-refractivity contribution in [2.24, 2.45) is 0 Å². The highest BCUT2D eigenvalue weighted by Gasteiger charge is 2.21. The first-order valence-electron chi connectivity index (χ1n) is 5.85. The molecule has 0 aromatic rings. The first-order valence-corrected chi connectivity index (χ1v) is 5.85. The number of hydrogen-bond acceptors (Lipinski definition) is 4. The lowest BCUT2D eigenvalue weighted by atomic mass is 10.1. The summed E-state index contributed by atoms with van der Waals surface area (Å²) in [4.78, 5) is 13.2. The first kappa shape index (κ1) is 12.2. The molecule has 2 heterocycles. The fourth-order valence-electron chi connectivity index (χ4n) is 1.83. The van der Waals surface area contributed by atoms with Crippen LogP contribution in [0.2, 0.25) is 0 Å². The molecule has 18 heavy (non-hydrogen) atoms. The van der Waals surface area contributed by atoms with Crippen molar-refractivity contribution in [3.63, 3.8) is 0 Å². The Labute approximate surface area is 107 Å². The Morgan fingerprint density at radius 2 is 2.33 bits per heavy atom. The number of esters is 1. The van der Waals surface area contributed by atoms with E-state index in [1.807, 2.05) is 49.7 Å². The van der Waals surface area contributed by atoms with Crippen molar-refractivity contribution >= 4 is 5.97 Å².